The molecule has 0 bridgehead atoms. The Bertz CT molecular complexity index is 1220. The summed E-state index contributed by atoms with van der Waals surface area (Å²) in [6.07, 6.45) is 2.92. The highest BCUT2D eigenvalue weighted by atomic mass is 35.5. The van der Waals surface area contributed by atoms with E-state index in [9.17, 15) is 13.2 Å². The molecule has 3 aromatic rings. The summed E-state index contributed by atoms with van der Waals surface area (Å²) in [5, 5.41) is 3.41. The van der Waals surface area contributed by atoms with Crippen molar-refractivity contribution >= 4 is 44.4 Å². The van der Waals surface area contributed by atoms with Crippen LogP contribution in [0.2, 0.25) is 5.02 Å². The van der Waals surface area contributed by atoms with Gasteiger partial charge < -0.3 is 9.73 Å². The average Bonchev–Trinajstić information content (AvgIpc) is 3.32. The Balaban J connectivity index is 1.69. The number of aromatic nitrogens is 2. The third-order valence-electron chi connectivity index (χ3n) is 5.07. The molecule has 0 saturated carbocycles. The fourth-order valence-corrected chi connectivity index (χ4v) is 5.38. The van der Waals surface area contributed by atoms with Gasteiger partial charge in [0.15, 0.2) is 0 Å². The Morgan fingerprint density at radius 3 is 2.66 bits per heavy atom. The standard InChI is InChI=1S/C19H19ClN4O4S/c1-11-12(2)28-19-16(11)17(21-10-22-19)23-18(25)13-5-6-14(20)15(9-13)29(26,27)24-7-3-4-8-24/h5-6,9-10H,3-4,7-8H2,1-2H3,(H,21,22,23,25). The van der Waals surface area contributed by atoms with Gasteiger partial charge in [-0.2, -0.15) is 4.31 Å². The van der Waals surface area contributed by atoms with E-state index in [-0.39, 0.29) is 15.5 Å². The van der Waals surface area contributed by atoms with Crippen LogP contribution >= 0.6 is 11.6 Å². The van der Waals surface area contributed by atoms with Crippen molar-refractivity contribution in [3.8, 4) is 0 Å². The Morgan fingerprint density at radius 1 is 1.21 bits per heavy atom. The molecule has 4 rings (SSSR count). The maximum absolute atomic E-state index is 12.9. The van der Waals surface area contributed by atoms with Crippen molar-refractivity contribution in [2.45, 2.75) is 31.6 Å². The third-order valence-corrected chi connectivity index (χ3v) is 7.45. The van der Waals surface area contributed by atoms with E-state index < -0.39 is 15.9 Å². The van der Waals surface area contributed by atoms with E-state index in [0.29, 0.717) is 35.8 Å². The minimum absolute atomic E-state index is 0.0723. The van der Waals surface area contributed by atoms with Crippen molar-refractivity contribution in [3.63, 3.8) is 0 Å². The van der Waals surface area contributed by atoms with Crippen LogP contribution in [0, 0.1) is 13.8 Å². The molecule has 3 heterocycles. The number of carbonyl (C=O) groups is 1. The van der Waals surface area contributed by atoms with Gasteiger partial charge >= 0.3 is 0 Å². The number of amides is 1. The van der Waals surface area contributed by atoms with Crippen LogP contribution < -0.4 is 5.32 Å². The smallest absolute Gasteiger partial charge is 0.256 e. The van der Waals surface area contributed by atoms with Gasteiger partial charge in [-0.3, -0.25) is 4.79 Å². The lowest BCUT2D eigenvalue weighted by molar-refractivity contribution is 0.102. The second-order valence-corrected chi connectivity index (χ2v) is 9.21. The molecule has 0 radical (unpaired) electrons. The van der Waals surface area contributed by atoms with Crippen LogP contribution in [0.1, 0.15) is 34.5 Å². The Hall–Kier alpha value is -2.49. The van der Waals surface area contributed by atoms with Crippen molar-refractivity contribution < 1.29 is 17.6 Å². The van der Waals surface area contributed by atoms with Crippen molar-refractivity contribution in [3.05, 3.63) is 46.4 Å². The molecule has 29 heavy (non-hydrogen) atoms. The average molecular weight is 435 g/mol. The number of aryl methyl sites for hydroxylation is 2. The van der Waals surface area contributed by atoms with Gasteiger partial charge in [0.2, 0.25) is 15.7 Å². The summed E-state index contributed by atoms with van der Waals surface area (Å²) >= 11 is 6.16. The van der Waals surface area contributed by atoms with E-state index in [0.717, 1.165) is 18.4 Å². The molecule has 0 unspecified atom stereocenters. The molecule has 8 nitrogen and oxygen atoms in total. The fourth-order valence-electron chi connectivity index (χ4n) is 3.37. The highest BCUT2D eigenvalue weighted by Gasteiger charge is 2.30. The third kappa shape index (κ3) is 3.50. The summed E-state index contributed by atoms with van der Waals surface area (Å²) in [7, 11) is -3.76. The minimum atomic E-state index is -3.76. The first-order valence-electron chi connectivity index (χ1n) is 9.11. The molecule has 1 N–H and O–H groups in total. The van der Waals surface area contributed by atoms with Crippen molar-refractivity contribution in [1.82, 2.24) is 14.3 Å². The number of benzene rings is 1. The first kappa shape index (κ1) is 19.8. The fraction of sp³-hybridized carbons (Fsp3) is 0.316. The molecule has 0 atom stereocenters. The van der Waals surface area contributed by atoms with Crippen LogP contribution in [0.4, 0.5) is 5.82 Å². The number of furan rings is 1. The molecule has 1 fully saturated rings. The summed E-state index contributed by atoms with van der Waals surface area (Å²) < 4.78 is 32.7. The van der Waals surface area contributed by atoms with E-state index in [4.69, 9.17) is 16.0 Å². The van der Waals surface area contributed by atoms with Gasteiger partial charge in [0, 0.05) is 24.2 Å². The minimum Gasteiger partial charge on any atom is -0.443 e. The number of sulfonamides is 1. The zero-order valence-corrected chi connectivity index (χ0v) is 17.5. The number of hydrogen-bond donors (Lipinski definition) is 1. The molecule has 0 aliphatic carbocycles. The maximum atomic E-state index is 12.9. The quantitative estimate of drug-likeness (QED) is 0.673. The topological polar surface area (TPSA) is 105 Å². The molecule has 1 aliphatic rings. The number of anilines is 1. The Kier molecular flexibility index (Phi) is 5.05. The number of nitrogens with one attached hydrogen (secondary N) is 1. The molecule has 1 aliphatic heterocycles. The van der Waals surface area contributed by atoms with E-state index in [1.807, 2.05) is 6.92 Å². The van der Waals surface area contributed by atoms with Crippen LogP contribution in [0.15, 0.2) is 33.8 Å². The summed E-state index contributed by atoms with van der Waals surface area (Å²) in [5.74, 6) is 0.479. The van der Waals surface area contributed by atoms with Crippen LogP contribution in [-0.2, 0) is 10.0 Å². The molecule has 1 saturated heterocycles. The largest absolute Gasteiger partial charge is 0.443 e. The molecule has 0 spiro atoms. The van der Waals surface area contributed by atoms with E-state index in [1.54, 1.807) is 6.92 Å². The van der Waals surface area contributed by atoms with Crippen molar-refractivity contribution in [2.24, 2.45) is 0 Å². The van der Waals surface area contributed by atoms with Gasteiger partial charge in [0.25, 0.3) is 5.91 Å². The molecule has 1 aromatic carbocycles. The Morgan fingerprint density at radius 2 is 1.93 bits per heavy atom. The Labute approximate surface area is 172 Å². The highest BCUT2D eigenvalue weighted by Crippen LogP contribution is 2.30. The normalized spacial score (nSPS) is 15.1. The second-order valence-electron chi connectivity index (χ2n) is 6.90. The van der Waals surface area contributed by atoms with E-state index in [1.165, 1.54) is 28.8 Å². The predicted molar refractivity (Wildman–Crippen MR) is 109 cm³/mol. The number of fused-ring (bicyclic) bond motifs is 1. The van der Waals surface area contributed by atoms with Crippen LogP contribution in [0.25, 0.3) is 11.1 Å². The first-order chi connectivity index (χ1) is 13.8. The van der Waals surface area contributed by atoms with Gasteiger partial charge in [-0.05, 0) is 44.9 Å². The molecule has 10 heteroatoms. The molecule has 1 amide bonds. The van der Waals surface area contributed by atoms with Crippen LogP contribution in [0.3, 0.4) is 0 Å². The summed E-state index contributed by atoms with van der Waals surface area (Å²) in [6.45, 7) is 4.56. The molecular weight excluding hydrogens is 416 g/mol. The van der Waals surface area contributed by atoms with E-state index in [2.05, 4.69) is 15.3 Å². The zero-order chi connectivity index (χ0) is 20.8. The predicted octanol–water partition coefficient (Wildman–Crippen LogP) is 3.53. The summed E-state index contributed by atoms with van der Waals surface area (Å²) in [5.41, 5.74) is 1.36. The first-order valence-corrected chi connectivity index (χ1v) is 10.9. The summed E-state index contributed by atoms with van der Waals surface area (Å²) in [4.78, 5) is 21.0. The number of rotatable bonds is 4. The lowest BCUT2D eigenvalue weighted by Crippen LogP contribution is -2.28. The number of halogens is 1. The van der Waals surface area contributed by atoms with Crippen LogP contribution in [-0.4, -0.2) is 41.7 Å². The molecule has 152 valence electrons. The van der Waals surface area contributed by atoms with Crippen molar-refractivity contribution in [1.29, 1.82) is 0 Å². The SMILES string of the molecule is Cc1oc2ncnc(NC(=O)c3ccc(Cl)c(S(=O)(=O)N4CCCC4)c3)c2c1C. The highest BCUT2D eigenvalue weighted by molar-refractivity contribution is 7.89. The van der Waals surface area contributed by atoms with Gasteiger partial charge in [0.05, 0.1) is 10.4 Å². The monoisotopic (exact) mass is 434 g/mol. The molecule has 2 aromatic heterocycles. The summed E-state index contributed by atoms with van der Waals surface area (Å²) in [6, 6.07) is 4.20. The van der Waals surface area contributed by atoms with Gasteiger partial charge in [0.1, 0.15) is 22.8 Å². The maximum Gasteiger partial charge on any atom is 0.256 e. The van der Waals surface area contributed by atoms with Crippen molar-refractivity contribution in [2.75, 3.05) is 18.4 Å². The van der Waals surface area contributed by atoms with Gasteiger partial charge in [-0.1, -0.05) is 11.6 Å². The van der Waals surface area contributed by atoms with Gasteiger partial charge in [-0.25, -0.2) is 18.4 Å². The zero-order valence-electron chi connectivity index (χ0n) is 15.9. The number of carbonyl (C=O) groups excluding carboxylic acids is 1. The van der Waals surface area contributed by atoms with Crippen LogP contribution in [0.5, 0.6) is 0 Å². The van der Waals surface area contributed by atoms with Gasteiger partial charge in [-0.15, -0.1) is 0 Å². The number of nitrogens with zero attached hydrogens (tertiary/aromatic N) is 3. The second kappa shape index (κ2) is 7.40. The lowest BCUT2D eigenvalue weighted by atomic mass is 10.2. The number of hydrogen-bond acceptors (Lipinski definition) is 6. The lowest BCUT2D eigenvalue weighted by Gasteiger charge is -2.17. The molecular formula is C19H19ClN4O4S. The van der Waals surface area contributed by atoms with E-state index >= 15 is 0 Å².